The molecule has 0 aromatic heterocycles. The lowest BCUT2D eigenvalue weighted by Gasteiger charge is -2.17. The van der Waals surface area contributed by atoms with Gasteiger partial charge in [0.2, 0.25) is 17.7 Å². The predicted octanol–water partition coefficient (Wildman–Crippen LogP) is -0.737. The number of unbranched alkanes of at least 4 members (excludes halogenated alkanes) is 1. The van der Waals surface area contributed by atoms with Crippen LogP contribution in [0.25, 0.3) is 0 Å². The molecule has 0 saturated carbocycles. The Morgan fingerprint density at radius 3 is 2.35 bits per heavy atom. The summed E-state index contributed by atoms with van der Waals surface area (Å²) in [5.41, 5.74) is 5.32. The molecule has 7 heteroatoms. The van der Waals surface area contributed by atoms with Gasteiger partial charge < -0.3 is 21.7 Å². The fraction of sp³-hybridized carbons (Fsp3) is 0.769. The van der Waals surface area contributed by atoms with E-state index in [1.807, 2.05) is 0 Å². The van der Waals surface area contributed by atoms with Crippen molar-refractivity contribution in [2.24, 2.45) is 5.73 Å². The maximum atomic E-state index is 11.8. The molecular weight excluding hydrogens is 260 g/mol. The lowest BCUT2D eigenvalue weighted by atomic mass is 10.1. The summed E-state index contributed by atoms with van der Waals surface area (Å²) in [6.07, 6.45) is 2.52. The first kappa shape index (κ1) is 18.4. The number of nitrogens with two attached hydrogens (primary N) is 1. The van der Waals surface area contributed by atoms with E-state index in [2.05, 4.69) is 16.0 Å². The number of hydrogen-bond acceptors (Lipinski definition) is 4. The summed E-state index contributed by atoms with van der Waals surface area (Å²) >= 11 is 0. The van der Waals surface area contributed by atoms with Gasteiger partial charge in [0.1, 0.15) is 6.04 Å². The lowest BCUT2D eigenvalue weighted by Crippen LogP contribution is -2.47. The minimum atomic E-state index is -0.541. The quantitative estimate of drug-likeness (QED) is 0.396. The predicted molar refractivity (Wildman–Crippen MR) is 76.8 cm³/mol. The molecule has 0 spiro atoms. The Labute approximate surface area is 120 Å². The van der Waals surface area contributed by atoms with Crippen LogP contribution in [0.15, 0.2) is 0 Å². The van der Waals surface area contributed by atoms with Crippen LogP contribution < -0.4 is 21.7 Å². The molecule has 0 bridgehead atoms. The molecule has 0 radical (unpaired) electrons. The molecule has 0 heterocycles. The average molecular weight is 286 g/mol. The van der Waals surface area contributed by atoms with Gasteiger partial charge in [0.25, 0.3) is 0 Å². The molecule has 0 aromatic rings. The molecule has 0 aliphatic heterocycles. The van der Waals surface area contributed by atoms with Crippen LogP contribution in [0.2, 0.25) is 0 Å². The summed E-state index contributed by atoms with van der Waals surface area (Å²) in [6, 6.07) is -0.541. The van der Waals surface area contributed by atoms with Crippen LogP contribution in [0.1, 0.15) is 39.5 Å². The Balaban J connectivity index is 4.00. The van der Waals surface area contributed by atoms with E-state index in [4.69, 9.17) is 5.73 Å². The van der Waals surface area contributed by atoms with Gasteiger partial charge in [-0.25, -0.2) is 0 Å². The Bertz CT molecular complexity index is 321. The number of hydrogen-bond donors (Lipinski definition) is 4. The number of carbonyl (C=O) groups excluding carboxylic acids is 3. The van der Waals surface area contributed by atoms with E-state index >= 15 is 0 Å². The van der Waals surface area contributed by atoms with Crippen molar-refractivity contribution in [1.82, 2.24) is 16.0 Å². The van der Waals surface area contributed by atoms with Crippen molar-refractivity contribution in [1.29, 1.82) is 0 Å². The molecule has 0 aliphatic rings. The standard InChI is InChI=1S/C13H26N4O3/c1-3-12(19)15-8-5-4-6-11(17-10(2)18)13(20)16-9-7-14/h11H,3-9,14H2,1-2H3,(H,15,19)(H,16,20)(H,17,18)/t11-/m0/s1. The monoisotopic (exact) mass is 286 g/mol. The zero-order valence-electron chi connectivity index (χ0n) is 12.3. The van der Waals surface area contributed by atoms with Crippen molar-refractivity contribution in [2.45, 2.75) is 45.6 Å². The van der Waals surface area contributed by atoms with Crippen molar-refractivity contribution >= 4 is 17.7 Å². The van der Waals surface area contributed by atoms with Crippen molar-refractivity contribution in [3.05, 3.63) is 0 Å². The number of rotatable bonds is 10. The van der Waals surface area contributed by atoms with E-state index in [0.29, 0.717) is 32.5 Å². The number of carbonyl (C=O) groups is 3. The topological polar surface area (TPSA) is 113 Å². The summed E-state index contributed by atoms with van der Waals surface area (Å²) in [4.78, 5) is 33.9. The van der Waals surface area contributed by atoms with Gasteiger partial charge in [0, 0.05) is 33.0 Å². The van der Waals surface area contributed by atoms with Gasteiger partial charge in [0.15, 0.2) is 0 Å². The van der Waals surface area contributed by atoms with Crippen molar-refractivity contribution in [2.75, 3.05) is 19.6 Å². The third-order valence-electron chi connectivity index (χ3n) is 2.70. The molecule has 0 rings (SSSR count). The van der Waals surface area contributed by atoms with Gasteiger partial charge in [-0.3, -0.25) is 14.4 Å². The third-order valence-corrected chi connectivity index (χ3v) is 2.70. The molecular formula is C13H26N4O3. The number of amides is 3. The van der Waals surface area contributed by atoms with Crippen LogP contribution in [-0.2, 0) is 14.4 Å². The van der Waals surface area contributed by atoms with Gasteiger partial charge in [-0.2, -0.15) is 0 Å². The van der Waals surface area contributed by atoms with E-state index < -0.39 is 6.04 Å². The second-order valence-electron chi connectivity index (χ2n) is 4.53. The Kier molecular flexibility index (Phi) is 10.3. The second kappa shape index (κ2) is 11.2. The number of nitrogens with one attached hydrogen (secondary N) is 3. The molecule has 0 fully saturated rings. The molecule has 7 nitrogen and oxygen atoms in total. The van der Waals surface area contributed by atoms with E-state index in [9.17, 15) is 14.4 Å². The fourth-order valence-corrected chi connectivity index (χ4v) is 1.66. The van der Waals surface area contributed by atoms with Gasteiger partial charge in [-0.15, -0.1) is 0 Å². The van der Waals surface area contributed by atoms with Crippen LogP contribution in [0.4, 0.5) is 0 Å². The highest BCUT2D eigenvalue weighted by Crippen LogP contribution is 2.01. The molecule has 20 heavy (non-hydrogen) atoms. The Morgan fingerprint density at radius 1 is 1.10 bits per heavy atom. The van der Waals surface area contributed by atoms with E-state index in [-0.39, 0.29) is 17.7 Å². The molecule has 0 unspecified atom stereocenters. The van der Waals surface area contributed by atoms with E-state index in [1.165, 1.54) is 6.92 Å². The molecule has 3 amide bonds. The highest BCUT2D eigenvalue weighted by Gasteiger charge is 2.18. The van der Waals surface area contributed by atoms with E-state index in [1.54, 1.807) is 6.92 Å². The first-order valence-corrected chi connectivity index (χ1v) is 7.02. The smallest absolute Gasteiger partial charge is 0.242 e. The van der Waals surface area contributed by atoms with Crippen LogP contribution in [0.3, 0.4) is 0 Å². The van der Waals surface area contributed by atoms with E-state index in [0.717, 1.165) is 12.8 Å². The SMILES string of the molecule is CCC(=O)NCCCC[C@H](NC(C)=O)C(=O)NCCN. The fourth-order valence-electron chi connectivity index (χ4n) is 1.66. The van der Waals surface area contributed by atoms with Crippen LogP contribution in [-0.4, -0.2) is 43.4 Å². The largest absolute Gasteiger partial charge is 0.356 e. The first-order chi connectivity index (χ1) is 9.51. The van der Waals surface area contributed by atoms with Crippen LogP contribution in [0.5, 0.6) is 0 Å². The average Bonchev–Trinajstić information content (AvgIpc) is 2.42. The second-order valence-corrected chi connectivity index (χ2v) is 4.53. The van der Waals surface area contributed by atoms with Crippen LogP contribution in [0, 0.1) is 0 Å². The Hall–Kier alpha value is -1.63. The maximum absolute atomic E-state index is 11.8. The maximum Gasteiger partial charge on any atom is 0.242 e. The molecule has 5 N–H and O–H groups in total. The first-order valence-electron chi connectivity index (χ1n) is 7.02. The summed E-state index contributed by atoms with van der Waals surface area (Å²) in [5, 5.41) is 8.04. The van der Waals surface area contributed by atoms with Gasteiger partial charge >= 0.3 is 0 Å². The Morgan fingerprint density at radius 2 is 1.80 bits per heavy atom. The molecule has 0 aliphatic carbocycles. The zero-order valence-corrected chi connectivity index (χ0v) is 12.3. The summed E-state index contributed by atoms with van der Waals surface area (Å²) in [7, 11) is 0. The minimum Gasteiger partial charge on any atom is -0.356 e. The van der Waals surface area contributed by atoms with Gasteiger partial charge in [-0.05, 0) is 19.3 Å². The highest BCUT2D eigenvalue weighted by molar-refractivity contribution is 5.86. The molecule has 1 atom stereocenters. The lowest BCUT2D eigenvalue weighted by molar-refractivity contribution is -0.128. The summed E-state index contributed by atoms with van der Waals surface area (Å²) in [5.74, 6) is -0.440. The van der Waals surface area contributed by atoms with Gasteiger partial charge in [0.05, 0.1) is 0 Å². The van der Waals surface area contributed by atoms with Crippen molar-refractivity contribution in [3.63, 3.8) is 0 Å². The highest BCUT2D eigenvalue weighted by atomic mass is 16.2. The minimum absolute atomic E-state index is 0.0177. The van der Waals surface area contributed by atoms with Crippen LogP contribution >= 0.6 is 0 Å². The zero-order chi connectivity index (χ0) is 15.4. The summed E-state index contributed by atoms with van der Waals surface area (Å²) < 4.78 is 0. The normalized spacial score (nSPS) is 11.6. The molecule has 116 valence electrons. The third kappa shape index (κ3) is 9.32. The van der Waals surface area contributed by atoms with Gasteiger partial charge in [-0.1, -0.05) is 6.92 Å². The van der Waals surface area contributed by atoms with Crippen molar-refractivity contribution < 1.29 is 14.4 Å². The molecule has 0 saturated heterocycles. The van der Waals surface area contributed by atoms with Crippen molar-refractivity contribution in [3.8, 4) is 0 Å². The molecule has 0 aromatic carbocycles. The summed E-state index contributed by atoms with van der Waals surface area (Å²) in [6.45, 7) is 4.52.